The van der Waals surface area contributed by atoms with E-state index in [-0.39, 0.29) is 28.8 Å². The highest BCUT2D eigenvalue weighted by Gasteiger charge is 2.21. The van der Waals surface area contributed by atoms with E-state index in [2.05, 4.69) is 26.1 Å². The standard InChI is InChI=1S/C20H22ClFN2O2/c1-13(25)24(14-9-10-17(22)16(21)11-14)12-19(26)23-18-8-6-5-7-15(18)20(2,3)4/h5-11H,12H2,1-4H3,(H,23,26). The summed E-state index contributed by atoms with van der Waals surface area (Å²) in [7, 11) is 0. The van der Waals surface area contributed by atoms with E-state index in [1.54, 1.807) is 0 Å². The lowest BCUT2D eigenvalue weighted by Gasteiger charge is -2.24. The first kappa shape index (κ1) is 19.9. The van der Waals surface area contributed by atoms with Crippen LogP contribution >= 0.6 is 11.6 Å². The number of hydrogen-bond donors (Lipinski definition) is 1. The zero-order chi connectivity index (χ0) is 19.5. The van der Waals surface area contributed by atoms with Crippen molar-refractivity contribution in [1.29, 1.82) is 0 Å². The molecule has 2 aromatic carbocycles. The minimum atomic E-state index is -0.581. The van der Waals surface area contributed by atoms with Crippen LogP contribution in [0.5, 0.6) is 0 Å². The Hall–Kier alpha value is -2.40. The van der Waals surface area contributed by atoms with Crippen molar-refractivity contribution in [2.75, 3.05) is 16.8 Å². The molecule has 138 valence electrons. The molecule has 0 aliphatic carbocycles. The molecule has 2 aromatic rings. The molecule has 0 heterocycles. The van der Waals surface area contributed by atoms with Crippen LogP contribution in [0, 0.1) is 5.82 Å². The SMILES string of the molecule is CC(=O)N(CC(=O)Nc1ccccc1C(C)(C)C)c1ccc(F)c(Cl)c1. The normalized spacial score (nSPS) is 11.2. The molecular formula is C20H22ClFN2O2. The summed E-state index contributed by atoms with van der Waals surface area (Å²) in [5.41, 5.74) is 1.91. The van der Waals surface area contributed by atoms with Crippen LogP contribution in [0.25, 0.3) is 0 Å². The largest absolute Gasteiger partial charge is 0.324 e. The van der Waals surface area contributed by atoms with Gasteiger partial charge < -0.3 is 10.2 Å². The van der Waals surface area contributed by atoms with Gasteiger partial charge in [0.2, 0.25) is 11.8 Å². The lowest BCUT2D eigenvalue weighted by atomic mass is 9.86. The number of carbonyl (C=O) groups is 2. The summed E-state index contributed by atoms with van der Waals surface area (Å²) in [5, 5.41) is 2.75. The van der Waals surface area contributed by atoms with E-state index in [0.29, 0.717) is 11.4 Å². The highest BCUT2D eigenvalue weighted by molar-refractivity contribution is 6.31. The molecule has 26 heavy (non-hydrogen) atoms. The van der Waals surface area contributed by atoms with Crippen molar-refractivity contribution in [3.8, 4) is 0 Å². The maximum Gasteiger partial charge on any atom is 0.244 e. The zero-order valence-electron chi connectivity index (χ0n) is 15.3. The monoisotopic (exact) mass is 376 g/mol. The molecule has 0 unspecified atom stereocenters. The molecule has 0 radical (unpaired) electrons. The maximum absolute atomic E-state index is 13.4. The highest BCUT2D eigenvalue weighted by atomic mass is 35.5. The number of rotatable bonds is 4. The van der Waals surface area contributed by atoms with Crippen molar-refractivity contribution in [1.82, 2.24) is 0 Å². The summed E-state index contributed by atoms with van der Waals surface area (Å²) in [4.78, 5) is 25.7. The second kappa shape index (κ2) is 7.87. The van der Waals surface area contributed by atoms with Gasteiger partial charge in [-0.15, -0.1) is 0 Å². The van der Waals surface area contributed by atoms with E-state index >= 15 is 0 Å². The van der Waals surface area contributed by atoms with Gasteiger partial charge in [-0.3, -0.25) is 9.59 Å². The first-order valence-electron chi connectivity index (χ1n) is 8.22. The summed E-state index contributed by atoms with van der Waals surface area (Å²) in [6.07, 6.45) is 0. The molecule has 2 rings (SSSR count). The number of amides is 2. The smallest absolute Gasteiger partial charge is 0.244 e. The quantitative estimate of drug-likeness (QED) is 0.835. The third kappa shape index (κ3) is 4.82. The molecule has 0 spiro atoms. The fourth-order valence-electron chi connectivity index (χ4n) is 2.62. The van der Waals surface area contributed by atoms with Crippen LogP contribution in [0.4, 0.5) is 15.8 Å². The van der Waals surface area contributed by atoms with Crippen LogP contribution in [0.1, 0.15) is 33.3 Å². The molecule has 0 saturated heterocycles. The Kier molecular flexibility index (Phi) is 6.03. The molecule has 0 aromatic heterocycles. The number of nitrogens with zero attached hydrogens (tertiary/aromatic N) is 1. The number of anilines is 2. The molecular weight excluding hydrogens is 355 g/mol. The molecule has 0 fully saturated rings. The predicted octanol–water partition coefficient (Wildman–Crippen LogP) is 4.77. The van der Waals surface area contributed by atoms with Gasteiger partial charge in [-0.25, -0.2) is 4.39 Å². The fourth-order valence-corrected chi connectivity index (χ4v) is 2.79. The summed E-state index contributed by atoms with van der Waals surface area (Å²) < 4.78 is 13.4. The number of benzene rings is 2. The van der Waals surface area contributed by atoms with Crippen molar-refractivity contribution in [3.63, 3.8) is 0 Å². The van der Waals surface area contributed by atoms with Crippen LogP contribution < -0.4 is 10.2 Å². The Morgan fingerprint density at radius 2 is 1.81 bits per heavy atom. The molecule has 1 N–H and O–H groups in total. The predicted molar refractivity (Wildman–Crippen MR) is 103 cm³/mol. The third-order valence-electron chi connectivity index (χ3n) is 3.91. The summed E-state index contributed by atoms with van der Waals surface area (Å²) >= 11 is 5.79. The van der Waals surface area contributed by atoms with E-state index < -0.39 is 5.82 Å². The maximum atomic E-state index is 13.4. The van der Waals surface area contributed by atoms with Gasteiger partial charge in [0.05, 0.1) is 5.02 Å². The number of halogens is 2. The van der Waals surface area contributed by atoms with Crippen LogP contribution in [0.15, 0.2) is 42.5 Å². The minimum Gasteiger partial charge on any atom is -0.324 e. The van der Waals surface area contributed by atoms with Gasteiger partial charge in [0.25, 0.3) is 0 Å². The molecule has 0 aliphatic rings. The fraction of sp³-hybridized carbons (Fsp3) is 0.300. The number of nitrogens with one attached hydrogen (secondary N) is 1. The van der Waals surface area contributed by atoms with Gasteiger partial charge in [0.15, 0.2) is 0 Å². The Morgan fingerprint density at radius 1 is 1.15 bits per heavy atom. The van der Waals surface area contributed by atoms with Crippen molar-refractivity contribution < 1.29 is 14.0 Å². The molecule has 2 amide bonds. The summed E-state index contributed by atoms with van der Waals surface area (Å²) in [6, 6.07) is 11.4. The van der Waals surface area contributed by atoms with Gasteiger partial charge in [0.1, 0.15) is 12.4 Å². The molecule has 0 bridgehead atoms. The van der Waals surface area contributed by atoms with Crippen molar-refractivity contribution in [2.24, 2.45) is 0 Å². The average molecular weight is 377 g/mol. The van der Waals surface area contributed by atoms with Crippen molar-refractivity contribution >= 4 is 34.8 Å². The van der Waals surface area contributed by atoms with Crippen LogP contribution in [0.2, 0.25) is 5.02 Å². The van der Waals surface area contributed by atoms with E-state index in [0.717, 1.165) is 5.56 Å². The number of para-hydroxylation sites is 1. The Balaban J connectivity index is 2.22. The topological polar surface area (TPSA) is 49.4 Å². The molecule has 0 saturated carbocycles. The van der Waals surface area contributed by atoms with Gasteiger partial charge in [-0.2, -0.15) is 0 Å². The first-order chi connectivity index (χ1) is 12.1. The van der Waals surface area contributed by atoms with E-state index in [1.807, 2.05) is 24.3 Å². The zero-order valence-corrected chi connectivity index (χ0v) is 16.0. The van der Waals surface area contributed by atoms with Gasteiger partial charge in [-0.1, -0.05) is 50.6 Å². The lowest BCUT2D eigenvalue weighted by Crippen LogP contribution is -2.37. The molecule has 0 atom stereocenters. The van der Waals surface area contributed by atoms with Gasteiger partial charge >= 0.3 is 0 Å². The third-order valence-corrected chi connectivity index (χ3v) is 4.20. The average Bonchev–Trinajstić information content (AvgIpc) is 2.54. The van der Waals surface area contributed by atoms with E-state index in [9.17, 15) is 14.0 Å². The van der Waals surface area contributed by atoms with Gasteiger partial charge in [0, 0.05) is 18.3 Å². The second-order valence-electron chi connectivity index (χ2n) is 7.05. The van der Waals surface area contributed by atoms with E-state index in [4.69, 9.17) is 11.6 Å². The van der Waals surface area contributed by atoms with Crippen LogP contribution in [-0.4, -0.2) is 18.4 Å². The van der Waals surface area contributed by atoms with Gasteiger partial charge in [-0.05, 0) is 35.2 Å². The van der Waals surface area contributed by atoms with Crippen molar-refractivity contribution in [2.45, 2.75) is 33.1 Å². The number of carbonyl (C=O) groups excluding carboxylic acids is 2. The molecule has 4 nitrogen and oxygen atoms in total. The molecule has 0 aliphatic heterocycles. The highest BCUT2D eigenvalue weighted by Crippen LogP contribution is 2.29. The second-order valence-corrected chi connectivity index (χ2v) is 7.45. The summed E-state index contributed by atoms with van der Waals surface area (Å²) in [5.74, 6) is -1.27. The summed E-state index contributed by atoms with van der Waals surface area (Å²) in [6.45, 7) is 7.31. The Labute approximate surface area is 158 Å². The lowest BCUT2D eigenvalue weighted by molar-refractivity contribution is -0.120. The Morgan fingerprint density at radius 3 is 2.38 bits per heavy atom. The molecule has 6 heteroatoms. The van der Waals surface area contributed by atoms with Crippen molar-refractivity contribution in [3.05, 3.63) is 58.9 Å². The van der Waals surface area contributed by atoms with Crippen LogP contribution in [-0.2, 0) is 15.0 Å². The minimum absolute atomic E-state index is 0.104. The number of hydrogen-bond acceptors (Lipinski definition) is 2. The Bertz CT molecular complexity index is 831. The van der Waals surface area contributed by atoms with E-state index in [1.165, 1.54) is 30.0 Å². The van der Waals surface area contributed by atoms with Crippen LogP contribution in [0.3, 0.4) is 0 Å². The first-order valence-corrected chi connectivity index (χ1v) is 8.60.